The molecule has 0 aromatic heterocycles. The van der Waals surface area contributed by atoms with Gasteiger partial charge in [0.05, 0.1) is 6.07 Å². The molecule has 0 aromatic carbocycles. The second-order valence-electron chi connectivity index (χ2n) is 7.75. The highest BCUT2D eigenvalue weighted by Crippen LogP contribution is 2.41. The summed E-state index contributed by atoms with van der Waals surface area (Å²) in [6.07, 6.45) is 5.00. The SMILES string of the molecule is CC(C)CN1CCN(CC(C#N)(NC2CC2)C2CC2)CC1. The number of nitrogens with zero attached hydrogens (tertiary/aromatic N) is 3. The first kappa shape index (κ1) is 15.3. The standard InChI is InChI=1S/C17H30N4/c1-14(2)11-20-7-9-21(10-8-20)13-17(12-18,15-3-4-15)19-16-5-6-16/h14-16,19H,3-11,13H2,1-2H3. The Bertz CT molecular complexity index is 386. The van der Waals surface area contributed by atoms with Crippen LogP contribution in [0.1, 0.15) is 39.5 Å². The van der Waals surface area contributed by atoms with E-state index in [1.165, 1.54) is 32.2 Å². The Morgan fingerprint density at radius 3 is 2.19 bits per heavy atom. The van der Waals surface area contributed by atoms with Gasteiger partial charge in [-0.15, -0.1) is 0 Å². The summed E-state index contributed by atoms with van der Waals surface area (Å²) in [4.78, 5) is 5.09. The minimum Gasteiger partial charge on any atom is -0.301 e. The van der Waals surface area contributed by atoms with E-state index in [0.29, 0.717) is 12.0 Å². The zero-order valence-electron chi connectivity index (χ0n) is 13.6. The molecule has 0 bridgehead atoms. The van der Waals surface area contributed by atoms with Crippen LogP contribution in [0, 0.1) is 23.2 Å². The maximum absolute atomic E-state index is 9.82. The van der Waals surface area contributed by atoms with Crippen molar-refractivity contribution in [1.82, 2.24) is 15.1 Å². The van der Waals surface area contributed by atoms with Gasteiger partial charge in [-0.2, -0.15) is 5.26 Å². The van der Waals surface area contributed by atoms with E-state index >= 15 is 0 Å². The lowest BCUT2D eigenvalue weighted by atomic mass is 9.93. The van der Waals surface area contributed by atoms with Crippen LogP contribution in [0.25, 0.3) is 0 Å². The molecule has 3 aliphatic rings. The average molecular weight is 290 g/mol. The monoisotopic (exact) mass is 290 g/mol. The summed E-state index contributed by atoms with van der Waals surface area (Å²) in [5.41, 5.74) is -0.263. The van der Waals surface area contributed by atoms with Gasteiger partial charge in [0, 0.05) is 45.3 Å². The predicted octanol–water partition coefficient (Wildman–Crippen LogP) is 1.68. The fraction of sp³-hybridized carbons (Fsp3) is 0.941. The molecular weight excluding hydrogens is 260 g/mol. The fourth-order valence-electron chi connectivity index (χ4n) is 3.62. The zero-order valence-corrected chi connectivity index (χ0v) is 13.6. The number of nitriles is 1. The number of nitrogens with one attached hydrogen (secondary N) is 1. The largest absolute Gasteiger partial charge is 0.301 e. The first-order valence-corrected chi connectivity index (χ1v) is 8.75. The minimum absolute atomic E-state index is 0.263. The average Bonchev–Trinajstić information content (AvgIpc) is 3.33. The summed E-state index contributed by atoms with van der Waals surface area (Å²) in [5.74, 6) is 1.34. The second kappa shape index (κ2) is 6.24. The molecule has 1 saturated heterocycles. The quantitative estimate of drug-likeness (QED) is 0.775. The van der Waals surface area contributed by atoms with Gasteiger partial charge in [0.25, 0.3) is 0 Å². The molecule has 4 nitrogen and oxygen atoms in total. The molecule has 1 atom stereocenters. The fourth-order valence-corrected chi connectivity index (χ4v) is 3.62. The van der Waals surface area contributed by atoms with Crippen LogP contribution in [0.15, 0.2) is 0 Å². The lowest BCUT2D eigenvalue weighted by Crippen LogP contribution is -2.58. The highest BCUT2D eigenvalue weighted by molar-refractivity contribution is 5.18. The molecule has 4 heteroatoms. The third-order valence-electron chi connectivity index (χ3n) is 5.07. The third kappa shape index (κ3) is 3.97. The van der Waals surface area contributed by atoms with Crippen LogP contribution in [0.3, 0.4) is 0 Å². The van der Waals surface area contributed by atoms with Gasteiger partial charge in [0.2, 0.25) is 0 Å². The highest BCUT2D eigenvalue weighted by Gasteiger charge is 2.49. The van der Waals surface area contributed by atoms with Gasteiger partial charge < -0.3 is 4.90 Å². The van der Waals surface area contributed by atoms with Crippen molar-refractivity contribution in [3.8, 4) is 6.07 Å². The van der Waals surface area contributed by atoms with Crippen LogP contribution in [0.2, 0.25) is 0 Å². The first-order valence-electron chi connectivity index (χ1n) is 8.75. The molecule has 3 fully saturated rings. The Morgan fingerprint density at radius 1 is 1.10 bits per heavy atom. The van der Waals surface area contributed by atoms with Crippen molar-refractivity contribution in [3.63, 3.8) is 0 Å². The van der Waals surface area contributed by atoms with Crippen molar-refractivity contribution in [3.05, 3.63) is 0 Å². The molecule has 1 heterocycles. The van der Waals surface area contributed by atoms with Crippen LogP contribution in [-0.2, 0) is 0 Å². The van der Waals surface area contributed by atoms with E-state index < -0.39 is 0 Å². The lowest BCUT2D eigenvalue weighted by molar-refractivity contribution is 0.0993. The molecule has 1 N–H and O–H groups in total. The highest BCUT2D eigenvalue weighted by atomic mass is 15.3. The lowest BCUT2D eigenvalue weighted by Gasteiger charge is -2.40. The Hall–Kier alpha value is -0.630. The summed E-state index contributed by atoms with van der Waals surface area (Å²) in [6, 6.07) is 3.29. The number of piperazine rings is 1. The van der Waals surface area contributed by atoms with Gasteiger partial charge in [-0.05, 0) is 37.5 Å². The van der Waals surface area contributed by atoms with Gasteiger partial charge in [-0.1, -0.05) is 13.8 Å². The number of hydrogen-bond donors (Lipinski definition) is 1. The zero-order chi connectivity index (χ0) is 14.9. The van der Waals surface area contributed by atoms with E-state index in [1.54, 1.807) is 0 Å². The second-order valence-corrected chi connectivity index (χ2v) is 7.75. The topological polar surface area (TPSA) is 42.3 Å². The summed E-state index contributed by atoms with van der Waals surface area (Å²) in [7, 11) is 0. The maximum Gasteiger partial charge on any atom is 0.122 e. The van der Waals surface area contributed by atoms with Gasteiger partial charge in [-0.3, -0.25) is 10.2 Å². The van der Waals surface area contributed by atoms with Crippen molar-refractivity contribution < 1.29 is 0 Å². The van der Waals surface area contributed by atoms with Crippen LogP contribution in [0.5, 0.6) is 0 Å². The number of hydrogen-bond acceptors (Lipinski definition) is 4. The third-order valence-corrected chi connectivity index (χ3v) is 5.07. The smallest absolute Gasteiger partial charge is 0.122 e. The van der Waals surface area contributed by atoms with Crippen molar-refractivity contribution in [2.45, 2.75) is 51.1 Å². The normalized spacial score (nSPS) is 27.5. The van der Waals surface area contributed by atoms with E-state index in [0.717, 1.165) is 38.6 Å². The predicted molar refractivity (Wildman–Crippen MR) is 84.9 cm³/mol. The molecule has 0 aromatic rings. The van der Waals surface area contributed by atoms with Gasteiger partial charge in [0.1, 0.15) is 5.54 Å². The van der Waals surface area contributed by atoms with Crippen molar-refractivity contribution in [2.75, 3.05) is 39.3 Å². The Balaban J connectivity index is 1.53. The van der Waals surface area contributed by atoms with Crippen LogP contribution in [-0.4, -0.2) is 60.6 Å². The van der Waals surface area contributed by atoms with E-state index in [1.807, 2.05) is 0 Å². The first-order chi connectivity index (χ1) is 10.1. The van der Waals surface area contributed by atoms with Crippen LogP contribution < -0.4 is 5.32 Å². The molecule has 21 heavy (non-hydrogen) atoms. The molecular formula is C17H30N4. The molecule has 2 saturated carbocycles. The maximum atomic E-state index is 9.82. The van der Waals surface area contributed by atoms with E-state index in [4.69, 9.17) is 0 Å². The molecule has 1 unspecified atom stereocenters. The molecule has 1 aliphatic heterocycles. The molecule has 2 aliphatic carbocycles. The molecule has 0 radical (unpaired) electrons. The summed E-state index contributed by atoms with van der Waals surface area (Å²) >= 11 is 0. The van der Waals surface area contributed by atoms with E-state index in [2.05, 4.69) is 35.0 Å². The van der Waals surface area contributed by atoms with Gasteiger partial charge in [-0.25, -0.2) is 0 Å². The van der Waals surface area contributed by atoms with E-state index in [-0.39, 0.29) is 5.54 Å². The van der Waals surface area contributed by atoms with E-state index in [9.17, 15) is 5.26 Å². The minimum atomic E-state index is -0.263. The van der Waals surface area contributed by atoms with Crippen LogP contribution >= 0.6 is 0 Å². The van der Waals surface area contributed by atoms with Gasteiger partial charge in [0.15, 0.2) is 0 Å². The Kier molecular flexibility index (Phi) is 4.54. The number of rotatable bonds is 7. The summed E-state index contributed by atoms with van der Waals surface area (Å²) < 4.78 is 0. The van der Waals surface area contributed by atoms with Crippen molar-refractivity contribution >= 4 is 0 Å². The summed E-state index contributed by atoms with van der Waals surface area (Å²) in [5, 5.41) is 13.5. The van der Waals surface area contributed by atoms with Crippen molar-refractivity contribution in [2.24, 2.45) is 11.8 Å². The Morgan fingerprint density at radius 2 is 1.71 bits per heavy atom. The van der Waals surface area contributed by atoms with Gasteiger partial charge >= 0.3 is 0 Å². The van der Waals surface area contributed by atoms with Crippen LogP contribution in [0.4, 0.5) is 0 Å². The Labute approximate surface area is 129 Å². The molecule has 0 amide bonds. The molecule has 118 valence electrons. The molecule has 3 rings (SSSR count). The molecule has 0 spiro atoms. The van der Waals surface area contributed by atoms with Crippen molar-refractivity contribution in [1.29, 1.82) is 5.26 Å². The summed E-state index contributed by atoms with van der Waals surface area (Å²) in [6.45, 7) is 11.3.